The summed E-state index contributed by atoms with van der Waals surface area (Å²) in [6.07, 6.45) is 3.68. The van der Waals surface area contributed by atoms with Crippen LogP contribution < -0.4 is 0 Å². The molecule has 0 saturated carbocycles. The predicted octanol–water partition coefficient (Wildman–Crippen LogP) is 5.22. The number of pyridine rings is 1. The van der Waals surface area contributed by atoms with Gasteiger partial charge in [0.15, 0.2) is 0 Å². The van der Waals surface area contributed by atoms with Crippen molar-refractivity contribution in [2.24, 2.45) is 5.92 Å². The molecule has 0 fully saturated rings. The summed E-state index contributed by atoms with van der Waals surface area (Å²) in [6, 6.07) is 18.7. The van der Waals surface area contributed by atoms with E-state index in [9.17, 15) is 14.7 Å². The van der Waals surface area contributed by atoms with Gasteiger partial charge in [-0.15, -0.1) is 10.2 Å². The first-order valence-electron chi connectivity index (χ1n) is 12.8. The van der Waals surface area contributed by atoms with Crippen LogP contribution in [0.15, 0.2) is 66.9 Å². The van der Waals surface area contributed by atoms with E-state index in [1.54, 1.807) is 6.20 Å². The zero-order chi connectivity index (χ0) is 27.1. The van der Waals surface area contributed by atoms with Gasteiger partial charge in [0.2, 0.25) is 11.7 Å². The lowest BCUT2D eigenvalue weighted by molar-refractivity contribution is -0.153. The fourth-order valence-corrected chi connectivity index (χ4v) is 4.52. The Morgan fingerprint density at radius 2 is 1.76 bits per heavy atom. The molecule has 0 saturated heterocycles. The van der Waals surface area contributed by atoms with E-state index in [1.807, 2.05) is 81.4 Å². The van der Waals surface area contributed by atoms with Crippen LogP contribution in [0, 0.1) is 5.92 Å². The molecule has 4 rings (SSSR count). The highest BCUT2D eigenvalue weighted by atomic mass is 16.4. The molecular formula is C29H32N6O3. The number of carboxylic acids is 1. The monoisotopic (exact) mass is 512 g/mol. The zero-order valence-corrected chi connectivity index (χ0v) is 21.8. The first-order chi connectivity index (χ1) is 18.4. The van der Waals surface area contributed by atoms with Gasteiger partial charge in [-0.3, -0.25) is 9.78 Å². The number of hydrogen-bond acceptors (Lipinski definition) is 6. The van der Waals surface area contributed by atoms with Crippen molar-refractivity contribution < 1.29 is 14.7 Å². The van der Waals surface area contributed by atoms with E-state index in [0.29, 0.717) is 12.2 Å². The molecule has 0 bridgehead atoms. The summed E-state index contributed by atoms with van der Waals surface area (Å²) in [6.45, 7) is 5.90. The molecule has 4 aromatic rings. The Kier molecular flexibility index (Phi) is 8.58. The molecule has 0 aliphatic carbocycles. The van der Waals surface area contributed by atoms with Crippen molar-refractivity contribution in [1.29, 1.82) is 0 Å². The number of unbranched alkanes of at least 4 members (excludes halogenated alkanes) is 1. The predicted molar refractivity (Wildman–Crippen MR) is 145 cm³/mol. The Balaban J connectivity index is 1.68. The smallest absolute Gasteiger partial charge is 0.326 e. The molecule has 2 aromatic heterocycles. The van der Waals surface area contributed by atoms with E-state index < -0.39 is 12.0 Å². The largest absolute Gasteiger partial charge is 0.480 e. The van der Waals surface area contributed by atoms with Crippen LogP contribution in [-0.4, -0.2) is 53.5 Å². The van der Waals surface area contributed by atoms with E-state index in [4.69, 9.17) is 0 Å². The maximum absolute atomic E-state index is 13.0. The number of aromatic amines is 1. The fraction of sp³-hybridized carbons (Fsp3) is 0.310. The van der Waals surface area contributed by atoms with Crippen molar-refractivity contribution in [2.75, 3.05) is 0 Å². The molecule has 9 heteroatoms. The van der Waals surface area contributed by atoms with Gasteiger partial charge in [0.1, 0.15) is 6.04 Å². The number of amides is 1. The molecule has 1 amide bonds. The fourth-order valence-electron chi connectivity index (χ4n) is 4.52. The van der Waals surface area contributed by atoms with Crippen molar-refractivity contribution in [3.63, 3.8) is 0 Å². The summed E-state index contributed by atoms with van der Waals surface area (Å²) in [5.41, 5.74) is 5.29. The summed E-state index contributed by atoms with van der Waals surface area (Å²) in [5, 5.41) is 24.4. The van der Waals surface area contributed by atoms with Crippen LogP contribution in [-0.2, 0) is 16.1 Å². The van der Waals surface area contributed by atoms with Gasteiger partial charge in [0, 0.05) is 30.3 Å². The van der Waals surface area contributed by atoms with Crippen LogP contribution >= 0.6 is 0 Å². The van der Waals surface area contributed by atoms with Gasteiger partial charge in [-0.25, -0.2) is 4.79 Å². The second-order valence-electron chi connectivity index (χ2n) is 9.56. The summed E-state index contributed by atoms with van der Waals surface area (Å²) < 4.78 is 0. The number of hydrogen-bond donors (Lipinski definition) is 2. The minimum absolute atomic E-state index is 0.139. The Labute approximate surface area is 221 Å². The van der Waals surface area contributed by atoms with Crippen molar-refractivity contribution in [3.05, 3.63) is 72.4 Å². The number of rotatable bonds is 11. The molecule has 38 heavy (non-hydrogen) atoms. The molecule has 2 aromatic carbocycles. The number of H-pyrrole nitrogens is 1. The first kappa shape index (κ1) is 26.7. The topological polar surface area (TPSA) is 125 Å². The van der Waals surface area contributed by atoms with Gasteiger partial charge in [0.25, 0.3) is 0 Å². The number of carboxylic acid groups (broad SMARTS) is 1. The Morgan fingerprint density at radius 1 is 1.00 bits per heavy atom. The Morgan fingerprint density at radius 3 is 2.37 bits per heavy atom. The Hall–Kier alpha value is -4.40. The van der Waals surface area contributed by atoms with Gasteiger partial charge < -0.3 is 10.0 Å². The number of aliphatic carboxylic acids is 1. The molecule has 196 valence electrons. The molecule has 0 unspecified atom stereocenters. The summed E-state index contributed by atoms with van der Waals surface area (Å²) in [5.74, 6) is -0.869. The Bertz CT molecular complexity index is 1360. The summed E-state index contributed by atoms with van der Waals surface area (Å²) in [7, 11) is 0. The third-order valence-electron chi connectivity index (χ3n) is 6.47. The minimum Gasteiger partial charge on any atom is -0.480 e. The van der Waals surface area contributed by atoms with E-state index in [-0.39, 0.29) is 18.4 Å². The number of carbonyl (C=O) groups excluding carboxylic acids is 1. The molecule has 9 nitrogen and oxygen atoms in total. The summed E-state index contributed by atoms with van der Waals surface area (Å²) >= 11 is 0. The molecule has 1 atom stereocenters. The molecule has 0 spiro atoms. The summed E-state index contributed by atoms with van der Waals surface area (Å²) in [4.78, 5) is 31.1. The number of nitrogens with one attached hydrogen (secondary N) is 1. The van der Waals surface area contributed by atoms with Gasteiger partial charge in [-0.2, -0.15) is 5.21 Å². The molecule has 0 aliphatic rings. The maximum atomic E-state index is 13.0. The van der Waals surface area contributed by atoms with Gasteiger partial charge in [-0.1, -0.05) is 63.6 Å². The normalized spacial score (nSPS) is 11.9. The van der Waals surface area contributed by atoms with E-state index in [2.05, 4.69) is 25.6 Å². The van der Waals surface area contributed by atoms with Gasteiger partial charge in [-0.05, 0) is 58.5 Å². The molecule has 2 heterocycles. The highest BCUT2D eigenvalue weighted by molar-refractivity contribution is 5.85. The molecule has 2 N–H and O–H groups in total. The third-order valence-corrected chi connectivity index (χ3v) is 6.47. The van der Waals surface area contributed by atoms with Crippen molar-refractivity contribution >= 4 is 11.9 Å². The SMILES string of the molecule is CCCCC(=O)N(Cc1ccc(-c2cc(-c3ccccn3)ccc2-c2nn[nH]n2)cc1)[C@H](C(=O)O)C(C)C. The molecule has 0 aliphatic heterocycles. The maximum Gasteiger partial charge on any atom is 0.326 e. The number of tetrazole rings is 1. The number of aromatic nitrogens is 5. The molecule has 0 radical (unpaired) electrons. The van der Waals surface area contributed by atoms with E-state index in [0.717, 1.165) is 46.4 Å². The van der Waals surface area contributed by atoms with Gasteiger partial charge >= 0.3 is 5.97 Å². The second-order valence-corrected chi connectivity index (χ2v) is 9.56. The lowest BCUT2D eigenvalue weighted by Crippen LogP contribution is -2.47. The van der Waals surface area contributed by atoms with E-state index in [1.165, 1.54) is 4.90 Å². The third kappa shape index (κ3) is 6.11. The van der Waals surface area contributed by atoms with Crippen LogP contribution in [0.25, 0.3) is 33.8 Å². The van der Waals surface area contributed by atoms with E-state index >= 15 is 0 Å². The number of nitrogens with zero attached hydrogens (tertiary/aromatic N) is 5. The lowest BCUT2D eigenvalue weighted by atomic mass is 9.94. The van der Waals surface area contributed by atoms with Crippen LogP contribution in [0.4, 0.5) is 0 Å². The first-order valence-corrected chi connectivity index (χ1v) is 12.8. The highest BCUT2D eigenvalue weighted by Gasteiger charge is 2.32. The van der Waals surface area contributed by atoms with Gasteiger partial charge in [0.05, 0.1) is 5.69 Å². The quantitative estimate of drug-likeness (QED) is 0.282. The van der Waals surface area contributed by atoms with Crippen LogP contribution in [0.1, 0.15) is 45.6 Å². The van der Waals surface area contributed by atoms with Crippen molar-refractivity contribution in [3.8, 4) is 33.8 Å². The van der Waals surface area contributed by atoms with Crippen LogP contribution in [0.3, 0.4) is 0 Å². The van der Waals surface area contributed by atoms with Crippen molar-refractivity contribution in [2.45, 2.75) is 52.6 Å². The molecular weight excluding hydrogens is 480 g/mol. The average molecular weight is 513 g/mol. The second kappa shape index (κ2) is 12.2. The highest BCUT2D eigenvalue weighted by Crippen LogP contribution is 2.34. The minimum atomic E-state index is -0.988. The standard InChI is InChI=1S/C29H32N6O3/c1-4-5-9-26(36)35(27(19(2)3)29(37)38)18-20-10-12-21(13-11-20)24-17-22(25-8-6-7-16-30-25)14-15-23(24)28-31-33-34-32-28/h6-8,10-17,19,27H,4-5,9,18H2,1-3H3,(H,37,38)(H,31,32,33,34)/t27-/m0/s1. The number of carbonyl (C=O) groups is 2. The van der Waals surface area contributed by atoms with Crippen LogP contribution in [0.5, 0.6) is 0 Å². The number of benzene rings is 2. The average Bonchev–Trinajstić information content (AvgIpc) is 3.46. The van der Waals surface area contributed by atoms with Crippen molar-refractivity contribution in [1.82, 2.24) is 30.5 Å². The zero-order valence-electron chi connectivity index (χ0n) is 21.8. The van der Waals surface area contributed by atoms with Crippen LogP contribution in [0.2, 0.25) is 0 Å². The lowest BCUT2D eigenvalue weighted by Gasteiger charge is -2.32.